The van der Waals surface area contributed by atoms with Gasteiger partial charge in [0, 0.05) is 24.6 Å². The van der Waals surface area contributed by atoms with Crippen LogP contribution in [0.3, 0.4) is 0 Å². The smallest absolute Gasteiger partial charge is 0.229 e. The number of para-hydroxylation sites is 1. The molecule has 0 unspecified atom stereocenters. The first-order chi connectivity index (χ1) is 11.1. The molecule has 1 N–H and O–H groups in total. The van der Waals surface area contributed by atoms with Crippen molar-refractivity contribution in [3.8, 4) is 0 Å². The molecular weight excluding hydrogens is 284 g/mol. The van der Waals surface area contributed by atoms with Gasteiger partial charge < -0.3 is 10.2 Å². The van der Waals surface area contributed by atoms with Crippen LogP contribution in [-0.4, -0.2) is 17.0 Å². The molecule has 0 radical (unpaired) electrons. The zero-order chi connectivity index (χ0) is 16.2. The Labute approximate surface area is 136 Å². The van der Waals surface area contributed by atoms with Crippen LogP contribution in [0.1, 0.15) is 11.1 Å². The molecule has 0 saturated heterocycles. The van der Waals surface area contributed by atoms with Gasteiger partial charge in [0.15, 0.2) is 0 Å². The van der Waals surface area contributed by atoms with E-state index in [9.17, 15) is 0 Å². The quantitative estimate of drug-likeness (QED) is 0.764. The number of rotatable bonds is 4. The lowest BCUT2D eigenvalue weighted by Gasteiger charge is -2.19. The zero-order valence-electron chi connectivity index (χ0n) is 13.6. The molecule has 4 nitrogen and oxygen atoms in total. The van der Waals surface area contributed by atoms with Gasteiger partial charge in [-0.25, -0.2) is 4.98 Å². The molecule has 1 aromatic heterocycles. The summed E-state index contributed by atoms with van der Waals surface area (Å²) in [7, 11) is 2.00. The highest BCUT2D eigenvalue weighted by molar-refractivity contribution is 5.63. The van der Waals surface area contributed by atoms with E-state index in [0.29, 0.717) is 5.95 Å². The van der Waals surface area contributed by atoms with Gasteiger partial charge in [0.2, 0.25) is 5.95 Å². The molecule has 0 aliphatic heterocycles. The molecule has 0 bridgehead atoms. The Bertz CT molecular complexity index is 799. The van der Waals surface area contributed by atoms with Crippen LogP contribution < -0.4 is 10.2 Å². The third-order valence-electron chi connectivity index (χ3n) is 3.98. The van der Waals surface area contributed by atoms with Gasteiger partial charge in [0.05, 0.1) is 0 Å². The van der Waals surface area contributed by atoms with E-state index in [0.717, 1.165) is 17.2 Å². The molecule has 0 amide bonds. The van der Waals surface area contributed by atoms with E-state index in [1.165, 1.54) is 11.1 Å². The predicted molar refractivity (Wildman–Crippen MR) is 95.7 cm³/mol. The van der Waals surface area contributed by atoms with Crippen molar-refractivity contribution in [1.29, 1.82) is 0 Å². The minimum Gasteiger partial charge on any atom is -0.329 e. The Kier molecular flexibility index (Phi) is 4.24. The van der Waals surface area contributed by atoms with E-state index >= 15 is 0 Å². The normalized spacial score (nSPS) is 10.4. The Balaban J connectivity index is 1.87. The first-order valence-corrected chi connectivity index (χ1v) is 7.60. The summed E-state index contributed by atoms with van der Waals surface area (Å²) in [5.74, 6) is 1.44. The highest BCUT2D eigenvalue weighted by Gasteiger charge is 2.08. The number of nitrogens with one attached hydrogen (secondary N) is 1. The van der Waals surface area contributed by atoms with Crippen molar-refractivity contribution in [1.82, 2.24) is 9.97 Å². The van der Waals surface area contributed by atoms with Crippen molar-refractivity contribution < 1.29 is 0 Å². The van der Waals surface area contributed by atoms with Crippen LogP contribution in [0.2, 0.25) is 0 Å². The molecule has 2 aromatic carbocycles. The summed E-state index contributed by atoms with van der Waals surface area (Å²) in [4.78, 5) is 11.0. The summed E-state index contributed by atoms with van der Waals surface area (Å²) in [6.45, 7) is 4.19. The fraction of sp³-hybridized carbons (Fsp3) is 0.158. The highest BCUT2D eigenvalue weighted by Crippen LogP contribution is 2.24. The van der Waals surface area contributed by atoms with E-state index in [1.807, 2.05) is 48.3 Å². The average molecular weight is 304 g/mol. The number of hydrogen-bond acceptors (Lipinski definition) is 4. The zero-order valence-corrected chi connectivity index (χ0v) is 13.6. The van der Waals surface area contributed by atoms with Crippen molar-refractivity contribution in [3.05, 3.63) is 71.9 Å². The molecule has 3 rings (SSSR count). The minimum absolute atomic E-state index is 0.596. The summed E-state index contributed by atoms with van der Waals surface area (Å²) in [6.07, 6.45) is 1.77. The number of aromatic nitrogens is 2. The standard InChI is InChI=1S/C19H20N4/c1-14-8-7-11-17(15(14)2)21-19-20-13-12-18(22-19)23(3)16-9-5-4-6-10-16/h4-13H,1-3H3,(H,20,21,22). The number of aryl methyl sites for hydroxylation is 1. The molecule has 0 aliphatic carbocycles. The van der Waals surface area contributed by atoms with Crippen LogP contribution in [0.4, 0.5) is 23.1 Å². The first kappa shape index (κ1) is 15.0. The summed E-state index contributed by atoms with van der Waals surface area (Å²) < 4.78 is 0. The van der Waals surface area contributed by atoms with Crippen molar-refractivity contribution in [2.24, 2.45) is 0 Å². The van der Waals surface area contributed by atoms with Crippen LogP contribution in [0, 0.1) is 13.8 Å². The van der Waals surface area contributed by atoms with Gasteiger partial charge >= 0.3 is 0 Å². The van der Waals surface area contributed by atoms with Gasteiger partial charge in [-0.1, -0.05) is 30.3 Å². The lowest BCUT2D eigenvalue weighted by Crippen LogP contribution is -2.12. The van der Waals surface area contributed by atoms with Gasteiger partial charge in [-0.3, -0.25) is 0 Å². The summed E-state index contributed by atoms with van der Waals surface area (Å²) in [5.41, 5.74) is 4.57. The van der Waals surface area contributed by atoms with Crippen molar-refractivity contribution in [3.63, 3.8) is 0 Å². The van der Waals surface area contributed by atoms with E-state index in [2.05, 4.69) is 47.3 Å². The summed E-state index contributed by atoms with van der Waals surface area (Å²) >= 11 is 0. The van der Waals surface area contributed by atoms with Crippen molar-refractivity contribution in [2.75, 3.05) is 17.3 Å². The van der Waals surface area contributed by atoms with Gasteiger partial charge in [0.25, 0.3) is 0 Å². The molecule has 0 aliphatic rings. The van der Waals surface area contributed by atoms with Gasteiger partial charge in [0.1, 0.15) is 5.82 Å². The number of benzene rings is 2. The topological polar surface area (TPSA) is 41.1 Å². The second-order valence-electron chi connectivity index (χ2n) is 5.51. The Hall–Kier alpha value is -2.88. The average Bonchev–Trinajstić information content (AvgIpc) is 2.59. The van der Waals surface area contributed by atoms with Gasteiger partial charge in [-0.15, -0.1) is 0 Å². The number of hydrogen-bond donors (Lipinski definition) is 1. The van der Waals surface area contributed by atoms with Crippen LogP contribution in [-0.2, 0) is 0 Å². The van der Waals surface area contributed by atoms with Gasteiger partial charge in [-0.2, -0.15) is 4.98 Å². The van der Waals surface area contributed by atoms with E-state index in [1.54, 1.807) is 6.20 Å². The summed E-state index contributed by atoms with van der Waals surface area (Å²) in [5, 5.41) is 3.31. The van der Waals surface area contributed by atoms with E-state index < -0.39 is 0 Å². The summed E-state index contributed by atoms with van der Waals surface area (Å²) in [6, 6.07) is 18.2. The molecule has 3 aromatic rings. The second kappa shape index (κ2) is 6.48. The third kappa shape index (κ3) is 3.31. The maximum Gasteiger partial charge on any atom is 0.229 e. The van der Waals surface area contributed by atoms with Crippen LogP contribution >= 0.6 is 0 Å². The maximum atomic E-state index is 4.62. The van der Waals surface area contributed by atoms with Crippen molar-refractivity contribution in [2.45, 2.75) is 13.8 Å². The Morgan fingerprint density at radius 1 is 0.913 bits per heavy atom. The molecule has 23 heavy (non-hydrogen) atoms. The molecule has 116 valence electrons. The molecule has 0 fully saturated rings. The van der Waals surface area contributed by atoms with Crippen molar-refractivity contribution >= 4 is 23.1 Å². The number of anilines is 4. The highest BCUT2D eigenvalue weighted by atomic mass is 15.2. The first-order valence-electron chi connectivity index (χ1n) is 7.60. The lowest BCUT2D eigenvalue weighted by atomic mass is 10.1. The van der Waals surface area contributed by atoms with Gasteiger partial charge in [-0.05, 0) is 49.2 Å². The fourth-order valence-electron chi connectivity index (χ4n) is 2.39. The molecule has 0 spiro atoms. The SMILES string of the molecule is Cc1cccc(Nc2nccc(N(C)c3ccccc3)n2)c1C. The van der Waals surface area contributed by atoms with Crippen LogP contribution in [0.25, 0.3) is 0 Å². The van der Waals surface area contributed by atoms with Crippen LogP contribution in [0.15, 0.2) is 60.8 Å². The van der Waals surface area contributed by atoms with E-state index in [-0.39, 0.29) is 0 Å². The molecule has 1 heterocycles. The molecule has 4 heteroatoms. The number of nitrogens with zero attached hydrogens (tertiary/aromatic N) is 3. The maximum absolute atomic E-state index is 4.62. The third-order valence-corrected chi connectivity index (χ3v) is 3.98. The molecule has 0 saturated carbocycles. The monoisotopic (exact) mass is 304 g/mol. The lowest BCUT2D eigenvalue weighted by molar-refractivity contribution is 1.08. The largest absolute Gasteiger partial charge is 0.329 e. The fourth-order valence-corrected chi connectivity index (χ4v) is 2.39. The Morgan fingerprint density at radius 2 is 1.70 bits per heavy atom. The second-order valence-corrected chi connectivity index (χ2v) is 5.51. The minimum atomic E-state index is 0.596. The molecule has 0 atom stereocenters. The van der Waals surface area contributed by atoms with E-state index in [4.69, 9.17) is 0 Å². The van der Waals surface area contributed by atoms with Crippen LogP contribution in [0.5, 0.6) is 0 Å². The predicted octanol–water partition coefficient (Wildman–Crippen LogP) is 4.60. The molecular formula is C19H20N4. The Morgan fingerprint density at radius 3 is 2.48 bits per heavy atom.